The molecule has 2 aromatic rings. The number of nitrogens with zero attached hydrogens (tertiary/aromatic N) is 1. The van der Waals surface area contributed by atoms with Crippen molar-refractivity contribution in [3.05, 3.63) is 29.3 Å². The minimum Gasteiger partial charge on any atom is -0.504 e. The Morgan fingerprint density at radius 2 is 2.05 bits per heavy atom. The van der Waals surface area contributed by atoms with Gasteiger partial charge in [0.05, 0.1) is 12.8 Å². The first-order valence-electron chi connectivity index (χ1n) is 6.00. The van der Waals surface area contributed by atoms with E-state index in [1.807, 2.05) is 0 Å². The molecule has 1 heterocycles. The molecule has 0 atom stereocenters. The zero-order valence-corrected chi connectivity index (χ0v) is 12.3. The molecule has 0 radical (unpaired) electrons. The molecule has 0 bridgehead atoms. The predicted molar refractivity (Wildman–Crippen MR) is 78.8 cm³/mol. The summed E-state index contributed by atoms with van der Waals surface area (Å²) >= 11 is 1.56. The van der Waals surface area contributed by atoms with Gasteiger partial charge in [-0.05, 0) is 12.1 Å². The number of benzene rings is 1. The first-order valence-corrected chi connectivity index (χ1v) is 6.88. The number of nitrogens with one attached hydrogen (secondary N) is 1. The van der Waals surface area contributed by atoms with Crippen LogP contribution in [0.25, 0.3) is 0 Å². The van der Waals surface area contributed by atoms with Gasteiger partial charge < -0.3 is 15.2 Å². The zero-order chi connectivity index (χ0) is 14.0. The van der Waals surface area contributed by atoms with Crippen LogP contribution < -0.4 is 10.1 Å². The Balaban J connectivity index is 2.19. The number of aromatic nitrogens is 1. The predicted octanol–water partition coefficient (Wildman–Crippen LogP) is 3.90. The molecule has 4 nitrogen and oxygen atoms in total. The number of phenolic OH excluding ortho intramolecular Hbond substituents is 1. The van der Waals surface area contributed by atoms with Crippen LogP contribution in [0.4, 0.5) is 10.8 Å². The average molecular weight is 278 g/mol. The average Bonchev–Trinajstić information content (AvgIpc) is 2.80. The van der Waals surface area contributed by atoms with E-state index in [1.54, 1.807) is 29.5 Å². The van der Waals surface area contributed by atoms with Crippen molar-refractivity contribution in [2.24, 2.45) is 0 Å². The van der Waals surface area contributed by atoms with Crippen LogP contribution in [-0.4, -0.2) is 17.2 Å². The highest BCUT2D eigenvalue weighted by molar-refractivity contribution is 7.13. The summed E-state index contributed by atoms with van der Waals surface area (Å²) in [5, 5.41) is 15.6. The van der Waals surface area contributed by atoms with Crippen LogP contribution in [0, 0.1) is 0 Å². The fourth-order valence-electron chi connectivity index (χ4n) is 1.55. The van der Waals surface area contributed by atoms with E-state index < -0.39 is 0 Å². The Morgan fingerprint density at radius 3 is 2.63 bits per heavy atom. The van der Waals surface area contributed by atoms with Gasteiger partial charge in [-0.3, -0.25) is 0 Å². The van der Waals surface area contributed by atoms with Crippen LogP contribution in [0.15, 0.2) is 23.6 Å². The third kappa shape index (κ3) is 3.17. The van der Waals surface area contributed by atoms with E-state index in [0.717, 1.165) is 16.5 Å². The maximum absolute atomic E-state index is 9.55. The molecule has 2 N–H and O–H groups in total. The van der Waals surface area contributed by atoms with Crippen molar-refractivity contribution in [1.29, 1.82) is 0 Å². The molecule has 0 fully saturated rings. The summed E-state index contributed by atoms with van der Waals surface area (Å²) in [7, 11) is 1.53. The van der Waals surface area contributed by atoms with Gasteiger partial charge in [-0.1, -0.05) is 20.8 Å². The summed E-state index contributed by atoms with van der Waals surface area (Å²) in [6.07, 6.45) is 0. The van der Waals surface area contributed by atoms with E-state index in [0.29, 0.717) is 5.75 Å². The number of rotatable bonds is 3. The molecule has 0 spiro atoms. The number of phenols is 1. The van der Waals surface area contributed by atoms with Gasteiger partial charge in [-0.15, -0.1) is 11.3 Å². The van der Waals surface area contributed by atoms with Crippen LogP contribution in [-0.2, 0) is 5.41 Å². The van der Waals surface area contributed by atoms with Gasteiger partial charge >= 0.3 is 0 Å². The number of thiazole rings is 1. The smallest absolute Gasteiger partial charge is 0.187 e. The van der Waals surface area contributed by atoms with Gasteiger partial charge in [-0.25, -0.2) is 4.98 Å². The summed E-state index contributed by atoms with van der Waals surface area (Å²) < 4.78 is 5.08. The number of hydrogen-bond donors (Lipinski definition) is 2. The molecule has 0 aliphatic rings. The maximum atomic E-state index is 9.55. The molecule has 0 aliphatic heterocycles. The lowest BCUT2D eigenvalue weighted by atomic mass is 9.93. The Labute approximate surface area is 117 Å². The van der Waals surface area contributed by atoms with Gasteiger partial charge in [0.1, 0.15) is 0 Å². The molecule has 0 saturated heterocycles. The number of hydrogen-bond acceptors (Lipinski definition) is 5. The maximum Gasteiger partial charge on any atom is 0.187 e. The van der Waals surface area contributed by atoms with Crippen LogP contribution in [0.3, 0.4) is 0 Å². The summed E-state index contributed by atoms with van der Waals surface area (Å²) in [6, 6.07) is 5.13. The molecule has 102 valence electrons. The van der Waals surface area contributed by atoms with E-state index >= 15 is 0 Å². The molecule has 1 aromatic carbocycles. The van der Waals surface area contributed by atoms with Crippen LogP contribution >= 0.6 is 11.3 Å². The standard InChI is InChI=1S/C14H18N2O2S/c1-14(2,3)12-8-19-13(16-12)15-9-5-6-10(17)11(7-9)18-4/h5-8,17H,1-4H3,(H,15,16). The van der Waals surface area contributed by atoms with E-state index in [9.17, 15) is 5.11 Å². The van der Waals surface area contributed by atoms with Crippen molar-refractivity contribution >= 4 is 22.2 Å². The summed E-state index contributed by atoms with van der Waals surface area (Å²) in [6.45, 7) is 6.40. The highest BCUT2D eigenvalue weighted by Gasteiger charge is 2.17. The van der Waals surface area contributed by atoms with Crippen molar-refractivity contribution < 1.29 is 9.84 Å². The number of methoxy groups -OCH3 is 1. The third-order valence-corrected chi connectivity index (χ3v) is 3.46. The molecular formula is C14H18N2O2S. The van der Waals surface area contributed by atoms with Crippen LogP contribution in [0.1, 0.15) is 26.5 Å². The first-order chi connectivity index (χ1) is 8.90. The van der Waals surface area contributed by atoms with Crippen molar-refractivity contribution in [2.45, 2.75) is 26.2 Å². The number of aromatic hydroxyl groups is 1. The van der Waals surface area contributed by atoms with Gasteiger partial charge in [0.15, 0.2) is 16.6 Å². The summed E-state index contributed by atoms with van der Waals surface area (Å²) in [5.74, 6) is 0.570. The van der Waals surface area contributed by atoms with Gasteiger partial charge in [0.25, 0.3) is 0 Å². The van der Waals surface area contributed by atoms with E-state index in [4.69, 9.17) is 4.74 Å². The van der Waals surface area contributed by atoms with Crippen molar-refractivity contribution in [2.75, 3.05) is 12.4 Å². The minimum atomic E-state index is 0.0447. The fourth-order valence-corrected chi connectivity index (χ4v) is 2.51. The normalized spacial score (nSPS) is 11.4. The molecule has 0 aliphatic carbocycles. The zero-order valence-electron chi connectivity index (χ0n) is 11.5. The molecule has 19 heavy (non-hydrogen) atoms. The topological polar surface area (TPSA) is 54.4 Å². The Hall–Kier alpha value is -1.75. The van der Waals surface area contributed by atoms with E-state index in [2.05, 4.69) is 36.5 Å². The van der Waals surface area contributed by atoms with Gasteiger partial charge in [-0.2, -0.15) is 0 Å². The fraction of sp³-hybridized carbons (Fsp3) is 0.357. The second-order valence-corrected chi connectivity index (χ2v) is 6.16. The highest BCUT2D eigenvalue weighted by Crippen LogP contribution is 2.32. The minimum absolute atomic E-state index is 0.0447. The first kappa shape index (κ1) is 13.7. The Morgan fingerprint density at radius 1 is 1.32 bits per heavy atom. The van der Waals surface area contributed by atoms with Gasteiger partial charge in [0, 0.05) is 22.5 Å². The summed E-state index contributed by atoms with van der Waals surface area (Å²) in [4.78, 5) is 4.56. The largest absolute Gasteiger partial charge is 0.504 e. The Kier molecular flexibility index (Phi) is 3.66. The Bertz CT molecular complexity index is 573. The lowest BCUT2D eigenvalue weighted by Crippen LogP contribution is -2.11. The summed E-state index contributed by atoms with van der Waals surface area (Å²) in [5.41, 5.74) is 1.94. The SMILES string of the molecule is COc1cc(Nc2nc(C(C)(C)C)cs2)ccc1O. The van der Waals surface area contributed by atoms with E-state index in [-0.39, 0.29) is 11.2 Å². The second kappa shape index (κ2) is 5.09. The van der Waals surface area contributed by atoms with Crippen molar-refractivity contribution in [3.8, 4) is 11.5 Å². The molecule has 5 heteroatoms. The third-order valence-electron chi connectivity index (χ3n) is 2.70. The van der Waals surface area contributed by atoms with Crippen molar-refractivity contribution in [3.63, 3.8) is 0 Å². The molecule has 0 amide bonds. The highest BCUT2D eigenvalue weighted by atomic mass is 32.1. The van der Waals surface area contributed by atoms with Crippen LogP contribution in [0.2, 0.25) is 0 Å². The second-order valence-electron chi connectivity index (χ2n) is 5.30. The van der Waals surface area contributed by atoms with Crippen molar-refractivity contribution in [1.82, 2.24) is 4.98 Å². The lowest BCUT2D eigenvalue weighted by Gasteiger charge is -2.14. The monoisotopic (exact) mass is 278 g/mol. The van der Waals surface area contributed by atoms with Crippen LogP contribution in [0.5, 0.6) is 11.5 Å². The van der Waals surface area contributed by atoms with E-state index in [1.165, 1.54) is 7.11 Å². The molecule has 2 rings (SSSR count). The molecule has 0 saturated carbocycles. The number of ether oxygens (including phenoxy) is 1. The lowest BCUT2D eigenvalue weighted by molar-refractivity contribution is 0.374. The molecule has 1 aromatic heterocycles. The van der Waals surface area contributed by atoms with Gasteiger partial charge in [0.2, 0.25) is 0 Å². The quantitative estimate of drug-likeness (QED) is 0.836. The molecular weight excluding hydrogens is 260 g/mol. The number of anilines is 2. The molecule has 0 unspecified atom stereocenters.